The molecule has 1 heterocycles. The van der Waals surface area contributed by atoms with Crippen LogP contribution in [0.3, 0.4) is 0 Å². The minimum Gasteiger partial charge on any atom is -0.478 e. The summed E-state index contributed by atoms with van der Waals surface area (Å²) in [5.74, 6) is 1.24. The summed E-state index contributed by atoms with van der Waals surface area (Å²) in [5.41, 5.74) is 8.51. The van der Waals surface area contributed by atoms with E-state index in [9.17, 15) is 0 Å². The van der Waals surface area contributed by atoms with Crippen molar-refractivity contribution < 1.29 is 9.47 Å². The lowest BCUT2D eigenvalue weighted by Crippen LogP contribution is -2.03. The van der Waals surface area contributed by atoms with Gasteiger partial charge in [0.05, 0.1) is 13.2 Å². The van der Waals surface area contributed by atoms with E-state index in [1.165, 1.54) is 0 Å². The summed E-state index contributed by atoms with van der Waals surface area (Å²) < 4.78 is 11.6. The van der Waals surface area contributed by atoms with Crippen LogP contribution in [-0.2, 0) is 0 Å². The van der Waals surface area contributed by atoms with Gasteiger partial charge in [0.2, 0.25) is 11.8 Å². The average Bonchev–Trinajstić information content (AvgIpc) is 2.57. The van der Waals surface area contributed by atoms with Gasteiger partial charge >= 0.3 is 0 Å². The minimum atomic E-state index is 0.615. The van der Waals surface area contributed by atoms with Crippen molar-refractivity contribution in [3.63, 3.8) is 0 Å². The maximum absolute atomic E-state index is 5.89. The van der Waals surface area contributed by atoms with Gasteiger partial charge in [0, 0.05) is 17.3 Å². The van der Waals surface area contributed by atoms with E-state index in [2.05, 4.69) is 18.8 Å². The number of hydrogen-bond donors (Lipinski definition) is 1. The van der Waals surface area contributed by atoms with Gasteiger partial charge in [-0.15, -0.1) is 0 Å². The molecule has 0 bridgehead atoms. The van der Waals surface area contributed by atoms with Gasteiger partial charge < -0.3 is 15.2 Å². The third-order valence-electron chi connectivity index (χ3n) is 3.54. The fraction of sp³-hybridized carbons (Fsp3) is 0.421. The van der Waals surface area contributed by atoms with Gasteiger partial charge in [-0.25, -0.2) is 0 Å². The normalized spacial score (nSPS) is 10.5. The predicted octanol–water partition coefficient (Wildman–Crippen LogP) is 4.69. The SMILES string of the molecule is CCCCOc1ccc(-c2ccc(N)cc2)c(OCCCC)n1. The molecule has 2 N–H and O–H groups in total. The molecule has 0 fully saturated rings. The Hall–Kier alpha value is -2.23. The summed E-state index contributed by atoms with van der Waals surface area (Å²) in [6, 6.07) is 11.6. The number of rotatable bonds is 9. The van der Waals surface area contributed by atoms with Gasteiger partial charge in [-0.1, -0.05) is 38.8 Å². The van der Waals surface area contributed by atoms with Gasteiger partial charge in [-0.05, 0) is 36.6 Å². The number of aromatic nitrogens is 1. The van der Waals surface area contributed by atoms with Crippen molar-refractivity contribution in [2.75, 3.05) is 18.9 Å². The zero-order valence-electron chi connectivity index (χ0n) is 14.0. The van der Waals surface area contributed by atoms with E-state index in [1.54, 1.807) is 0 Å². The first-order valence-corrected chi connectivity index (χ1v) is 8.37. The van der Waals surface area contributed by atoms with Gasteiger partial charge in [0.25, 0.3) is 0 Å². The third kappa shape index (κ3) is 5.16. The highest BCUT2D eigenvalue weighted by molar-refractivity contribution is 5.70. The first kappa shape index (κ1) is 17.1. The molecular weight excluding hydrogens is 288 g/mol. The van der Waals surface area contributed by atoms with Gasteiger partial charge in [0.1, 0.15) is 0 Å². The Labute approximate surface area is 138 Å². The monoisotopic (exact) mass is 314 g/mol. The molecule has 23 heavy (non-hydrogen) atoms. The summed E-state index contributed by atoms with van der Waals surface area (Å²) in [4.78, 5) is 4.54. The molecule has 0 aliphatic rings. The molecule has 0 amide bonds. The van der Waals surface area contributed by atoms with Gasteiger partial charge in [-0.2, -0.15) is 4.98 Å². The lowest BCUT2D eigenvalue weighted by molar-refractivity contribution is 0.274. The number of nitrogens with zero attached hydrogens (tertiary/aromatic N) is 1. The van der Waals surface area contributed by atoms with E-state index >= 15 is 0 Å². The summed E-state index contributed by atoms with van der Waals surface area (Å²) in [5, 5.41) is 0. The van der Waals surface area contributed by atoms with E-state index in [0.717, 1.165) is 42.5 Å². The van der Waals surface area contributed by atoms with Crippen LogP contribution < -0.4 is 15.2 Å². The van der Waals surface area contributed by atoms with E-state index in [0.29, 0.717) is 25.0 Å². The number of anilines is 1. The summed E-state index contributed by atoms with van der Waals surface area (Å²) in [7, 11) is 0. The summed E-state index contributed by atoms with van der Waals surface area (Å²) >= 11 is 0. The predicted molar refractivity (Wildman–Crippen MR) is 94.9 cm³/mol. The van der Waals surface area contributed by atoms with Crippen molar-refractivity contribution in [3.05, 3.63) is 36.4 Å². The van der Waals surface area contributed by atoms with Crippen molar-refractivity contribution in [3.8, 4) is 22.9 Å². The van der Waals surface area contributed by atoms with Crippen LogP contribution in [0.25, 0.3) is 11.1 Å². The van der Waals surface area contributed by atoms with Crippen molar-refractivity contribution in [1.29, 1.82) is 0 Å². The fourth-order valence-electron chi connectivity index (χ4n) is 2.13. The number of hydrogen-bond acceptors (Lipinski definition) is 4. The lowest BCUT2D eigenvalue weighted by atomic mass is 10.1. The molecule has 0 saturated carbocycles. The molecule has 124 valence electrons. The largest absolute Gasteiger partial charge is 0.478 e. The Morgan fingerprint density at radius 1 is 0.870 bits per heavy atom. The maximum Gasteiger partial charge on any atom is 0.224 e. The average molecular weight is 314 g/mol. The highest BCUT2D eigenvalue weighted by Crippen LogP contribution is 2.31. The first-order chi connectivity index (χ1) is 11.2. The van der Waals surface area contributed by atoms with Crippen LogP contribution in [0, 0.1) is 0 Å². The van der Waals surface area contributed by atoms with E-state index < -0.39 is 0 Å². The van der Waals surface area contributed by atoms with Gasteiger partial charge in [-0.3, -0.25) is 0 Å². The second-order valence-electron chi connectivity index (χ2n) is 5.53. The Kier molecular flexibility index (Phi) is 6.73. The molecule has 2 aromatic rings. The van der Waals surface area contributed by atoms with Crippen molar-refractivity contribution in [2.45, 2.75) is 39.5 Å². The molecule has 0 radical (unpaired) electrons. The number of unbranched alkanes of at least 4 members (excludes halogenated alkanes) is 2. The van der Waals surface area contributed by atoms with Crippen LogP contribution in [0.5, 0.6) is 11.8 Å². The second kappa shape index (κ2) is 9.03. The third-order valence-corrected chi connectivity index (χ3v) is 3.54. The molecule has 0 spiro atoms. The zero-order chi connectivity index (χ0) is 16.5. The first-order valence-electron chi connectivity index (χ1n) is 8.37. The molecule has 4 nitrogen and oxygen atoms in total. The number of nitrogen functional groups attached to an aromatic ring is 1. The van der Waals surface area contributed by atoms with Crippen molar-refractivity contribution in [2.24, 2.45) is 0 Å². The number of nitrogens with two attached hydrogens (primary N) is 1. The topological polar surface area (TPSA) is 57.4 Å². The quantitative estimate of drug-likeness (QED) is 0.539. The zero-order valence-corrected chi connectivity index (χ0v) is 14.0. The number of benzene rings is 1. The van der Waals surface area contributed by atoms with Crippen molar-refractivity contribution >= 4 is 5.69 Å². The Morgan fingerprint density at radius 2 is 1.52 bits per heavy atom. The van der Waals surface area contributed by atoms with Crippen LogP contribution >= 0.6 is 0 Å². The molecule has 1 aromatic heterocycles. The van der Waals surface area contributed by atoms with E-state index in [-0.39, 0.29) is 0 Å². The van der Waals surface area contributed by atoms with E-state index in [1.807, 2.05) is 36.4 Å². The molecule has 4 heteroatoms. The summed E-state index contributed by atoms with van der Waals surface area (Å²) in [6.07, 6.45) is 4.21. The molecule has 2 rings (SSSR count). The number of ether oxygens (including phenoxy) is 2. The Bertz CT molecular complexity index is 597. The van der Waals surface area contributed by atoms with E-state index in [4.69, 9.17) is 15.2 Å². The Morgan fingerprint density at radius 3 is 2.17 bits per heavy atom. The van der Waals surface area contributed by atoms with Crippen LogP contribution in [-0.4, -0.2) is 18.2 Å². The van der Waals surface area contributed by atoms with Crippen LogP contribution in [0.15, 0.2) is 36.4 Å². The lowest BCUT2D eigenvalue weighted by Gasteiger charge is -2.13. The Balaban J connectivity index is 2.22. The van der Waals surface area contributed by atoms with Crippen molar-refractivity contribution in [1.82, 2.24) is 4.98 Å². The fourth-order valence-corrected chi connectivity index (χ4v) is 2.13. The highest BCUT2D eigenvalue weighted by atomic mass is 16.5. The standard InChI is InChI=1S/C19H26N2O2/c1-3-5-13-22-18-12-11-17(15-7-9-16(20)10-8-15)19(21-18)23-14-6-4-2/h7-12H,3-6,13-14,20H2,1-2H3. The van der Waals surface area contributed by atoms with Crippen LogP contribution in [0.2, 0.25) is 0 Å². The molecule has 0 saturated heterocycles. The highest BCUT2D eigenvalue weighted by Gasteiger charge is 2.10. The molecule has 0 aliphatic carbocycles. The summed E-state index contributed by atoms with van der Waals surface area (Å²) in [6.45, 7) is 5.62. The minimum absolute atomic E-state index is 0.615. The molecular formula is C19H26N2O2. The molecule has 0 aliphatic heterocycles. The molecule has 1 aromatic carbocycles. The maximum atomic E-state index is 5.89. The smallest absolute Gasteiger partial charge is 0.224 e. The number of pyridine rings is 1. The molecule has 0 atom stereocenters. The van der Waals surface area contributed by atoms with Crippen LogP contribution in [0.1, 0.15) is 39.5 Å². The molecule has 0 unspecified atom stereocenters. The second-order valence-corrected chi connectivity index (χ2v) is 5.53. The van der Waals surface area contributed by atoms with Crippen LogP contribution in [0.4, 0.5) is 5.69 Å². The van der Waals surface area contributed by atoms with Gasteiger partial charge in [0.15, 0.2) is 0 Å².